The van der Waals surface area contributed by atoms with Crippen molar-refractivity contribution in [3.63, 3.8) is 0 Å². The molecule has 1 fully saturated rings. The van der Waals surface area contributed by atoms with Crippen LogP contribution >= 0.6 is 0 Å². The van der Waals surface area contributed by atoms with Gasteiger partial charge in [0.25, 0.3) is 10.2 Å². The number of carbonyl (C=O) groups is 1. The maximum absolute atomic E-state index is 11.6. The number of hydrogen-bond acceptors (Lipinski definition) is 4. The van der Waals surface area contributed by atoms with E-state index in [4.69, 9.17) is 4.74 Å². The number of carbonyl (C=O) groups excluding carboxylic acids is 1. The zero-order valence-electron chi connectivity index (χ0n) is 11.0. The molecule has 1 heterocycles. The molecule has 1 saturated heterocycles. The van der Waals surface area contributed by atoms with Gasteiger partial charge in [-0.25, -0.2) is 0 Å². The number of nitrogens with one attached hydrogen (secondary N) is 1. The van der Waals surface area contributed by atoms with Crippen LogP contribution in [-0.2, 0) is 19.7 Å². The molecule has 1 aliphatic rings. The van der Waals surface area contributed by atoms with Gasteiger partial charge in [-0.05, 0) is 12.8 Å². The molecule has 1 N–H and O–H groups in total. The van der Waals surface area contributed by atoms with E-state index >= 15 is 0 Å². The molecule has 0 aromatic heterocycles. The van der Waals surface area contributed by atoms with Crippen molar-refractivity contribution in [2.24, 2.45) is 0 Å². The van der Waals surface area contributed by atoms with Gasteiger partial charge in [0.05, 0.1) is 0 Å². The third kappa shape index (κ3) is 4.20. The second kappa shape index (κ2) is 6.46. The maximum Gasteiger partial charge on any atom is 0.279 e. The summed E-state index contributed by atoms with van der Waals surface area (Å²) in [5, 5.41) is 0. The summed E-state index contributed by atoms with van der Waals surface area (Å²) in [5.74, 6) is -0.0496. The topological polar surface area (TPSA) is 79.0 Å². The Balaban J connectivity index is 2.43. The number of likely N-dealkylation sites (tertiary alicyclic amines) is 1. The van der Waals surface area contributed by atoms with Crippen LogP contribution in [0.1, 0.15) is 12.8 Å². The molecule has 0 bridgehead atoms. The molecule has 18 heavy (non-hydrogen) atoms. The highest BCUT2D eigenvalue weighted by molar-refractivity contribution is 7.87. The summed E-state index contributed by atoms with van der Waals surface area (Å²) in [6.07, 6.45) is 1.26. The van der Waals surface area contributed by atoms with Crippen molar-refractivity contribution >= 4 is 16.1 Å². The summed E-state index contributed by atoms with van der Waals surface area (Å²) >= 11 is 0. The number of ether oxygens (including phenoxy) is 1. The van der Waals surface area contributed by atoms with Gasteiger partial charge in [-0.2, -0.15) is 17.4 Å². The molecule has 0 atom stereocenters. The number of amides is 1. The molecule has 0 aromatic carbocycles. The van der Waals surface area contributed by atoms with E-state index in [1.165, 1.54) is 21.2 Å². The summed E-state index contributed by atoms with van der Waals surface area (Å²) in [5.41, 5.74) is 0. The van der Waals surface area contributed by atoms with E-state index in [9.17, 15) is 13.2 Å². The van der Waals surface area contributed by atoms with Crippen LogP contribution in [0, 0.1) is 0 Å². The lowest BCUT2D eigenvalue weighted by Gasteiger charge is -2.32. The van der Waals surface area contributed by atoms with Crippen LogP contribution in [0.2, 0.25) is 0 Å². The fourth-order valence-electron chi connectivity index (χ4n) is 1.78. The van der Waals surface area contributed by atoms with Crippen molar-refractivity contribution in [1.82, 2.24) is 13.9 Å². The lowest BCUT2D eigenvalue weighted by Crippen LogP contribution is -2.49. The molecular formula is C10H21N3O4S. The molecular weight excluding hydrogens is 258 g/mol. The number of hydrogen-bond donors (Lipinski definition) is 1. The maximum atomic E-state index is 11.6. The van der Waals surface area contributed by atoms with Gasteiger partial charge in [-0.15, -0.1) is 0 Å². The minimum atomic E-state index is -3.39. The van der Waals surface area contributed by atoms with Crippen LogP contribution in [0.5, 0.6) is 0 Å². The summed E-state index contributed by atoms with van der Waals surface area (Å²) in [6, 6.07) is -0.107. The van der Waals surface area contributed by atoms with Gasteiger partial charge >= 0.3 is 0 Å². The lowest BCUT2D eigenvalue weighted by atomic mass is 10.1. The van der Waals surface area contributed by atoms with E-state index < -0.39 is 10.2 Å². The Bertz CT molecular complexity index is 375. The molecule has 0 unspecified atom stereocenters. The molecule has 106 valence electrons. The Morgan fingerprint density at radius 1 is 1.39 bits per heavy atom. The first-order chi connectivity index (χ1) is 8.36. The number of rotatable bonds is 5. The van der Waals surface area contributed by atoms with Crippen molar-refractivity contribution in [3.8, 4) is 0 Å². The standard InChI is InChI=1S/C10H21N3O4S/c1-12(2)18(15,16)11-9-4-6-13(7-5-9)10(14)8-17-3/h9,11H,4-8H2,1-3H3. The van der Waals surface area contributed by atoms with Gasteiger partial charge in [0.15, 0.2) is 0 Å². The van der Waals surface area contributed by atoms with Gasteiger partial charge in [-0.1, -0.05) is 0 Å². The molecule has 1 rings (SSSR count). The van der Waals surface area contributed by atoms with E-state index in [-0.39, 0.29) is 18.6 Å². The first-order valence-electron chi connectivity index (χ1n) is 5.83. The van der Waals surface area contributed by atoms with E-state index in [1.54, 1.807) is 4.90 Å². The molecule has 0 aromatic rings. The fourth-order valence-corrected chi connectivity index (χ4v) is 2.65. The second-order valence-corrected chi connectivity index (χ2v) is 6.41. The predicted molar refractivity (Wildman–Crippen MR) is 67.2 cm³/mol. The lowest BCUT2D eigenvalue weighted by molar-refractivity contribution is -0.136. The highest BCUT2D eigenvalue weighted by Gasteiger charge is 2.26. The smallest absolute Gasteiger partial charge is 0.279 e. The third-order valence-electron chi connectivity index (χ3n) is 2.91. The van der Waals surface area contributed by atoms with Crippen LogP contribution in [0.15, 0.2) is 0 Å². The summed E-state index contributed by atoms with van der Waals surface area (Å²) in [6.45, 7) is 1.19. The summed E-state index contributed by atoms with van der Waals surface area (Å²) < 4.78 is 31.8. The van der Waals surface area contributed by atoms with Gasteiger partial charge in [0.1, 0.15) is 6.61 Å². The summed E-state index contributed by atoms with van der Waals surface area (Å²) in [7, 11) is 1.06. The first-order valence-corrected chi connectivity index (χ1v) is 7.27. The molecule has 0 saturated carbocycles. The van der Waals surface area contributed by atoms with Gasteiger partial charge in [0, 0.05) is 40.3 Å². The number of piperidine rings is 1. The largest absolute Gasteiger partial charge is 0.375 e. The second-order valence-electron chi connectivity index (χ2n) is 4.49. The van der Waals surface area contributed by atoms with E-state index in [0.717, 1.165) is 4.31 Å². The van der Waals surface area contributed by atoms with Crippen molar-refractivity contribution in [2.45, 2.75) is 18.9 Å². The monoisotopic (exact) mass is 279 g/mol. The normalized spacial score (nSPS) is 18.3. The van der Waals surface area contributed by atoms with Crippen molar-refractivity contribution < 1.29 is 17.9 Å². The molecule has 0 radical (unpaired) electrons. The van der Waals surface area contributed by atoms with Crippen LogP contribution in [0.4, 0.5) is 0 Å². The van der Waals surface area contributed by atoms with Crippen molar-refractivity contribution in [3.05, 3.63) is 0 Å². The zero-order valence-corrected chi connectivity index (χ0v) is 11.9. The molecule has 8 heteroatoms. The average Bonchev–Trinajstić information content (AvgIpc) is 2.29. The van der Waals surface area contributed by atoms with Crippen LogP contribution in [-0.4, -0.2) is 70.5 Å². The minimum Gasteiger partial charge on any atom is -0.375 e. The molecule has 1 amide bonds. The first kappa shape index (κ1) is 15.4. The number of nitrogens with zero attached hydrogens (tertiary/aromatic N) is 2. The van der Waals surface area contributed by atoms with Crippen molar-refractivity contribution in [1.29, 1.82) is 0 Å². The van der Waals surface area contributed by atoms with Gasteiger partial charge < -0.3 is 9.64 Å². The quantitative estimate of drug-likeness (QED) is 0.701. The van der Waals surface area contributed by atoms with Crippen LogP contribution < -0.4 is 4.72 Å². The predicted octanol–water partition coefficient (Wildman–Crippen LogP) is -0.980. The average molecular weight is 279 g/mol. The van der Waals surface area contributed by atoms with Gasteiger partial charge in [0.2, 0.25) is 5.91 Å². The van der Waals surface area contributed by atoms with E-state index in [2.05, 4.69) is 4.72 Å². The Kier molecular flexibility index (Phi) is 5.51. The van der Waals surface area contributed by atoms with Crippen LogP contribution in [0.3, 0.4) is 0 Å². The minimum absolute atomic E-state index is 0.0496. The Hall–Kier alpha value is -0.700. The fraction of sp³-hybridized carbons (Fsp3) is 0.900. The van der Waals surface area contributed by atoms with Crippen molar-refractivity contribution in [2.75, 3.05) is 40.9 Å². The Labute approximate surface area is 108 Å². The molecule has 0 aliphatic carbocycles. The van der Waals surface area contributed by atoms with Crippen LogP contribution in [0.25, 0.3) is 0 Å². The third-order valence-corrected chi connectivity index (χ3v) is 4.50. The number of methoxy groups -OCH3 is 1. The Morgan fingerprint density at radius 2 is 1.94 bits per heavy atom. The van der Waals surface area contributed by atoms with Gasteiger partial charge in [-0.3, -0.25) is 4.79 Å². The zero-order chi connectivity index (χ0) is 13.8. The molecule has 0 spiro atoms. The van der Waals surface area contributed by atoms with E-state index in [0.29, 0.717) is 25.9 Å². The molecule has 1 aliphatic heterocycles. The summed E-state index contributed by atoms with van der Waals surface area (Å²) in [4.78, 5) is 13.3. The highest BCUT2D eigenvalue weighted by Crippen LogP contribution is 2.12. The van der Waals surface area contributed by atoms with E-state index in [1.807, 2.05) is 0 Å². The SMILES string of the molecule is COCC(=O)N1CCC(NS(=O)(=O)N(C)C)CC1. The highest BCUT2D eigenvalue weighted by atomic mass is 32.2. The molecule has 7 nitrogen and oxygen atoms in total. The Morgan fingerprint density at radius 3 is 2.39 bits per heavy atom.